The maximum absolute atomic E-state index is 12.5. The normalized spacial score (nSPS) is 16.6. The Labute approximate surface area is 156 Å². The highest BCUT2D eigenvalue weighted by molar-refractivity contribution is 6.36. The minimum absolute atomic E-state index is 0.0485. The van der Waals surface area contributed by atoms with E-state index in [1.807, 2.05) is 19.1 Å². The number of hydrogen-bond donors (Lipinski definition) is 1. The van der Waals surface area contributed by atoms with Crippen LogP contribution in [-0.4, -0.2) is 43.7 Å². The number of hydrogen-bond acceptors (Lipinski definition) is 4. The fourth-order valence-electron chi connectivity index (χ4n) is 2.89. The summed E-state index contributed by atoms with van der Waals surface area (Å²) in [6.07, 6.45) is 0. The standard InChI is InChI=1S/C18H20Cl2N2O3/c1-12-2-5-17(25-12)16(22-6-8-24-9-7-22)11-21-18(23)14-4-3-13(19)10-15(14)20/h2-5,10,16H,6-9,11H2,1H3,(H,21,23). The van der Waals surface area contributed by atoms with Crippen molar-refractivity contribution >= 4 is 29.1 Å². The summed E-state index contributed by atoms with van der Waals surface area (Å²) in [5, 5.41) is 3.79. The molecule has 0 bridgehead atoms. The number of rotatable bonds is 5. The Hall–Kier alpha value is -1.53. The summed E-state index contributed by atoms with van der Waals surface area (Å²) in [5.74, 6) is 1.45. The van der Waals surface area contributed by atoms with Gasteiger partial charge in [-0.1, -0.05) is 23.2 Å². The van der Waals surface area contributed by atoms with E-state index in [2.05, 4.69) is 10.2 Å². The van der Waals surface area contributed by atoms with Crippen molar-refractivity contribution in [1.82, 2.24) is 10.2 Å². The first-order chi connectivity index (χ1) is 12.0. The van der Waals surface area contributed by atoms with Gasteiger partial charge in [-0.05, 0) is 37.3 Å². The van der Waals surface area contributed by atoms with E-state index in [0.717, 1.165) is 24.6 Å². The maximum Gasteiger partial charge on any atom is 0.252 e. The number of aryl methyl sites for hydroxylation is 1. The molecule has 0 radical (unpaired) electrons. The van der Waals surface area contributed by atoms with E-state index >= 15 is 0 Å². The Morgan fingerprint density at radius 1 is 1.24 bits per heavy atom. The van der Waals surface area contributed by atoms with Crippen molar-refractivity contribution in [1.29, 1.82) is 0 Å². The highest BCUT2D eigenvalue weighted by Gasteiger charge is 2.26. The second-order valence-corrected chi connectivity index (χ2v) is 6.79. The molecule has 0 aliphatic carbocycles. The molecule has 1 aliphatic rings. The van der Waals surface area contributed by atoms with E-state index in [4.69, 9.17) is 32.4 Å². The van der Waals surface area contributed by atoms with E-state index in [1.54, 1.807) is 18.2 Å². The minimum atomic E-state index is -0.233. The van der Waals surface area contributed by atoms with Gasteiger partial charge in [0.15, 0.2) is 0 Å². The maximum atomic E-state index is 12.5. The lowest BCUT2D eigenvalue weighted by molar-refractivity contribution is 0.0117. The van der Waals surface area contributed by atoms with Gasteiger partial charge in [0.05, 0.1) is 29.8 Å². The number of carbonyl (C=O) groups is 1. The van der Waals surface area contributed by atoms with E-state index < -0.39 is 0 Å². The van der Waals surface area contributed by atoms with Crippen molar-refractivity contribution in [2.45, 2.75) is 13.0 Å². The lowest BCUT2D eigenvalue weighted by atomic mass is 10.1. The monoisotopic (exact) mass is 382 g/mol. The van der Waals surface area contributed by atoms with E-state index in [1.165, 1.54) is 0 Å². The van der Waals surface area contributed by atoms with Gasteiger partial charge in [-0.15, -0.1) is 0 Å². The molecule has 2 aromatic rings. The molecule has 1 aromatic carbocycles. The van der Waals surface area contributed by atoms with Crippen molar-refractivity contribution in [3.63, 3.8) is 0 Å². The number of furan rings is 1. The molecule has 7 heteroatoms. The van der Waals surface area contributed by atoms with Gasteiger partial charge in [0.2, 0.25) is 0 Å². The fourth-order valence-corrected chi connectivity index (χ4v) is 3.38. The molecule has 1 saturated heterocycles. The third-order valence-corrected chi connectivity index (χ3v) is 4.76. The number of benzene rings is 1. The number of ether oxygens (including phenoxy) is 1. The van der Waals surface area contributed by atoms with Crippen molar-refractivity contribution in [3.05, 3.63) is 57.5 Å². The first kappa shape index (κ1) is 18.3. The summed E-state index contributed by atoms with van der Waals surface area (Å²) >= 11 is 12.0. The Bertz CT molecular complexity index is 742. The van der Waals surface area contributed by atoms with Gasteiger partial charge >= 0.3 is 0 Å². The summed E-state index contributed by atoms with van der Waals surface area (Å²) in [7, 11) is 0. The lowest BCUT2D eigenvalue weighted by Crippen LogP contribution is -2.43. The van der Waals surface area contributed by atoms with Gasteiger partial charge in [0, 0.05) is 24.7 Å². The number of carbonyl (C=O) groups excluding carboxylic acids is 1. The van der Waals surface area contributed by atoms with Gasteiger partial charge in [0.25, 0.3) is 5.91 Å². The molecule has 0 saturated carbocycles. The fraction of sp³-hybridized carbons (Fsp3) is 0.389. The molecule has 134 valence electrons. The number of halogens is 2. The van der Waals surface area contributed by atoms with Gasteiger partial charge < -0.3 is 14.5 Å². The zero-order chi connectivity index (χ0) is 17.8. The summed E-state index contributed by atoms with van der Waals surface area (Å²) < 4.78 is 11.2. The predicted molar refractivity (Wildman–Crippen MR) is 97.4 cm³/mol. The molecular formula is C18H20Cl2N2O3. The molecule has 1 aromatic heterocycles. The van der Waals surface area contributed by atoms with Gasteiger partial charge in [-0.3, -0.25) is 9.69 Å². The zero-order valence-corrected chi connectivity index (χ0v) is 15.4. The number of amides is 1. The van der Waals surface area contributed by atoms with Crippen molar-refractivity contribution < 1.29 is 13.9 Å². The van der Waals surface area contributed by atoms with Crippen LogP contribution >= 0.6 is 23.2 Å². The highest BCUT2D eigenvalue weighted by atomic mass is 35.5. The average molecular weight is 383 g/mol. The second-order valence-electron chi connectivity index (χ2n) is 5.95. The van der Waals surface area contributed by atoms with Gasteiger partial charge in [-0.2, -0.15) is 0 Å². The third kappa shape index (κ3) is 4.55. The van der Waals surface area contributed by atoms with Crippen LogP contribution in [0.15, 0.2) is 34.7 Å². The molecule has 3 rings (SSSR count). The van der Waals surface area contributed by atoms with Crippen molar-refractivity contribution in [3.8, 4) is 0 Å². The molecular weight excluding hydrogens is 363 g/mol. The first-order valence-electron chi connectivity index (χ1n) is 8.16. The van der Waals surface area contributed by atoms with Crippen molar-refractivity contribution in [2.75, 3.05) is 32.8 Å². The van der Waals surface area contributed by atoms with Crippen molar-refractivity contribution in [2.24, 2.45) is 0 Å². The summed E-state index contributed by atoms with van der Waals surface area (Å²) in [4.78, 5) is 14.7. The Morgan fingerprint density at radius 2 is 2.00 bits per heavy atom. The van der Waals surface area contributed by atoms with Crippen LogP contribution in [-0.2, 0) is 4.74 Å². The van der Waals surface area contributed by atoms with Crippen LogP contribution in [0.4, 0.5) is 0 Å². The second kappa shape index (κ2) is 8.23. The molecule has 25 heavy (non-hydrogen) atoms. The molecule has 1 amide bonds. The summed E-state index contributed by atoms with van der Waals surface area (Å²) in [6.45, 7) is 5.26. The molecule has 1 fully saturated rings. The van der Waals surface area contributed by atoms with Crippen LogP contribution in [0.5, 0.6) is 0 Å². The summed E-state index contributed by atoms with van der Waals surface area (Å²) in [6, 6.07) is 8.68. The molecule has 5 nitrogen and oxygen atoms in total. The Kier molecular flexibility index (Phi) is 6.02. The molecule has 1 N–H and O–H groups in total. The summed E-state index contributed by atoms with van der Waals surface area (Å²) in [5.41, 5.74) is 0.405. The first-order valence-corrected chi connectivity index (χ1v) is 8.91. The van der Waals surface area contributed by atoms with E-state index in [9.17, 15) is 4.79 Å². The molecule has 0 spiro atoms. The van der Waals surface area contributed by atoms with Gasteiger partial charge in [-0.25, -0.2) is 0 Å². The lowest BCUT2D eigenvalue weighted by Gasteiger charge is -2.33. The van der Waals surface area contributed by atoms with E-state index in [0.29, 0.717) is 35.4 Å². The number of morpholine rings is 1. The minimum Gasteiger partial charge on any atom is -0.465 e. The van der Waals surface area contributed by atoms with E-state index in [-0.39, 0.29) is 11.9 Å². The Morgan fingerprint density at radius 3 is 2.64 bits per heavy atom. The van der Waals surface area contributed by atoms with Crippen LogP contribution in [0.3, 0.4) is 0 Å². The van der Waals surface area contributed by atoms with Crippen LogP contribution in [0.2, 0.25) is 10.0 Å². The molecule has 2 heterocycles. The van der Waals surface area contributed by atoms with Gasteiger partial charge in [0.1, 0.15) is 11.5 Å². The van der Waals surface area contributed by atoms with Crippen LogP contribution in [0.25, 0.3) is 0 Å². The smallest absolute Gasteiger partial charge is 0.252 e. The third-order valence-electron chi connectivity index (χ3n) is 4.21. The number of nitrogens with one attached hydrogen (secondary N) is 1. The predicted octanol–water partition coefficient (Wildman–Crippen LogP) is 3.70. The number of nitrogens with zero attached hydrogens (tertiary/aromatic N) is 1. The average Bonchev–Trinajstić information content (AvgIpc) is 3.02. The van der Waals surface area contributed by atoms with Crippen LogP contribution < -0.4 is 5.32 Å². The quantitative estimate of drug-likeness (QED) is 0.856. The van der Waals surface area contributed by atoms with Crippen LogP contribution in [0.1, 0.15) is 27.9 Å². The molecule has 1 aliphatic heterocycles. The SMILES string of the molecule is Cc1ccc(C(CNC(=O)c2ccc(Cl)cc2Cl)N2CCOCC2)o1. The topological polar surface area (TPSA) is 54.7 Å². The molecule has 1 unspecified atom stereocenters. The highest BCUT2D eigenvalue weighted by Crippen LogP contribution is 2.24. The Balaban J connectivity index is 1.72. The zero-order valence-electron chi connectivity index (χ0n) is 13.9. The molecule has 1 atom stereocenters. The van der Waals surface area contributed by atoms with Crippen LogP contribution in [0, 0.1) is 6.92 Å². The largest absolute Gasteiger partial charge is 0.465 e.